The van der Waals surface area contributed by atoms with E-state index in [0.29, 0.717) is 30.2 Å². The molecule has 0 atom stereocenters. The molecule has 0 bridgehead atoms. The summed E-state index contributed by atoms with van der Waals surface area (Å²) in [7, 11) is 0. The summed E-state index contributed by atoms with van der Waals surface area (Å²) in [5.74, 6) is 2.02. The lowest BCUT2D eigenvalue weighted by Gasteiger charge is -2.07. The standard InChI is InChI=1S/C14H13NO4S/c16-14(10-3-6-20-8-10)15-4-5-17-11-1-2-12-13(7-11)19-9-18-12/h1-3,6-8H,4-5,9H2,(H,15,16). The van der Waals surface area contributed by atoms with Crippen molar-refractivity contribution in [2.24, 2.45) is 0 Å². The molecule has 2 aromatic rings. The third-order valence-corrected chi connectivity index (χ3v) is 3.47. The van der Waals surface area contributed by atoms with Gasteiger partial charge in [0.2, 0.25) is 6.79 Å². The average Bonchev–Trinajstić information content (AvgIpc) is 3.13. The van der Waals surface area contributed by atoms with Gasteiger partial charge in [0, 0.05) is 17.0 Å². The molecular formula is C14H13NO4S. The molecular weight excluding hydrogens is 278 g/mol. The molecule has 0 fully saturated rings. The molecule has 20 heavy (non-hydrogen) atoms. The molecule has 104 valence electrons. The summed E-state index contributed by atoms with van der Waals surface area (Å²) >= 11 is 1.50. The van der Waals surface area contributed by atoms with Crippen LogP contribution in [0.2, 0.25) is 0 Å². The Kier molecular flexibility index (Phi) is 3.73. The Hall–Kier alpha value is -2.21. The van der Waals surface area contributed by atoms with E-state index in [1.807, 2.05) is 22.9 Å². The Balaban J connectivity index is 1.45. The third kappa shape index (κ3) is 2.85. The van der Waals surface area contributed by atoms with Gasteiger partial charge in [-0.3, -0.25) is 4.79 Å². The Labute approximate surface area is 120 Å². The van der Waals surface area contributed by atoms with Crippen LogP contribution in [0.15, 0.2) is 35.0 Å². The SMILES string of the molecule is O=C(NCCOc1ccc2c(c1)OCO2)c1ccsc1. The van der Waals surface area contributed by atoms with Crippen molar-refractivity contribution >= 4 is 17.2 Å². The molecule has 2 heterocycles. The maximum Gasteiger partial charge on any atom is 0.252 e. The fourth-order valence-corrected chi connectivity index (χ4v) is 2.43. The first kappa shape index (κ1) is 12.8. The zero-order valence-corrected chi connectivity index (χ0v) is 11.4. The molecule has 1 aromatic carbocycles. The van der Waals surface area contributed by atoms with E-state index in [9.17, 15) is 4.79 Å². The molecule has 0 aliphatic carbocycles. The van der Waals surface area contributed by atoms with Crippen molar-refractivity contribution in [2.45, 2.75) is 0 Å². The minimum atomic E-state index is -0.0828. The molecule has 6 heteroatoms. The zero-order valence-electron chi connectivity index (χ0n) is 10.6. The minimum absolute atomic E-state index is 0.0828. The van der Waals surface area contributed by atoms with Crippen LogP contribution in [0.25, 0.3) is 0 Å². The fraction of sp³-hybridized carbons (Fsp3) is 0.214. The highest BCUT2D eigenvalue weighted by Crippen LogP contribution is 2.34. The molecule has 0 unspecified atom stereocenters. The summed E-state index contributed by atoms with van der Waals surface area (Å²) in [4.78, 5) is 11.7. The van der Waals surface area contributed by atoms with Gasteiger partial charge in [0.1, 0.15) is 12.4 Å². The number of hydrogen-bond donors (Lipinski definition) is 1. The molecule has 3 rings (SSSR count). The molecule has 1 amide bonds. The number of nitrogens with one attached hydrogen (secondary N) is 1. The van der Waals surface area contributed by atoms with Crippen molar-refractivity contribution in [2.75, 3.05) is 19.9 Å². The Bertz CT molecular complexity index is 597. The number of ether oxygens (including phenoxy) is 3. The predicted octanol–water partition coefficient (Wildman–Crippen LogP) is 2.29. The third-order valence-electron chi connectivity index (χ3n) is 2.78. The zero-order chi connectivity index (χ0) is 13.8. The van der Waals surface area contributed by atoms with Crippen LogP contribution in [0, 0.1) is 0 Å². The normalized spacial score (nSPS) is 12.2. The van der Waals surface area contributed by atoms with Crippen molar-refractivity contribution in [3.8, 4) is 17.2 Å². The molecule has 1 aliphatic rings. The lowest BCUT2D eigenvalue weighted by Crippen LogP contribution is -2.27. The number of benzene rings is 1. The van der Waals surface area contributed by atoms with Crippen LogP contribution in [-0.4, -0.2) is 25.9 Å². The highest BCUT2D eigenvalue weighted by atomic mass is 32.1. The van der Waals surface area contributed by atoms with Crippen molar-refractivity contribution in [1.82, 2.24) is 5.32 Å². The van der Waals surface area contributed by atoms with Gasteiger partial charge in [-0.1, -0.05) is 0 Å². The molecule has 0 spiro atoms. The maximum absolute atomic E-state index is 11.7. The molecule has 0 saturated heterocycles. The van der Waals surface area contributed by atoms with Gasteiger partial charge in [0.15, 0.2) is 11.5 Å². The van der Waals surface area contributed by atoms with Gasteiger partial charge in [0.05, 0.1) is 6.54 Å². The second-order valence-corrected chi connectivity index (χ2v) is 4.91. The lowest BCUT2D eigenvalue weighted by atomic mass is 10.3. The molecule has 0 saturated carbocycles. The number of carbonyl (C=O) groups is 1. The van der Waals surface area contributed by atoms with E-state index >= 15 is 0 Å². The van der Waals surface area contributed by atoms with E-state index in [-0.39, 0.29) is 12.7 Å². The van der Waals surface area contributed by atoms with Crippen molar-refractivity contribution in [3.05, 3.63) is 40.6 Å². The Morgan fingerprint density at radius 1 is 1.30 bits per heavy atom. The predicted molar refractivity (Wildman–Crippen MR) is 74.7 cm³/mol. The number of hydrogen-bond acceptors (Lipinski definition) is 5. The lowest BCUT2D eigenvalue weighted by molar-refractivity contribution is 0.0947. The van der Waals surface area contributed by atoms with Gasteiger partial charge < -0.3 is 19.5 Å². The molecule has 1 N–H and O–H groups in total. The summed E-state index contributed by atoms with van der Waals surface area (Å²) in [6, 6.07) is 7.19. The topological polar surface area (TPSA) is 56.8 Å². The summed E-state index contributed by atoms with van der Waals surface area (Å²) in [5, 5.41) is 6.48. The van der Waals surface area contributed by atoms with Crippen LogP contribution < -0.4 is 19.5 Å². The highest BCUT2D eigenvalue weighted by Gasteiger charge is 2.13. The average molecular weight is 291 g/mol. The van der Waals surface area contributed by atoms with Gasteiger partial charge in [-0.15, -0.1) is 0 Å². The van der Waals surface area contributed by atoms with Crippen LogP contribution in [-0.2, 0) is 0 Å². The number of thiophene rings is 1. The van der Waals surface area contributed by atoms with E-state index in [2.05, 4.69) is 5.32 Å². The molecule has 5 nitrogen and oxygen atoms in total. The van der Waals surface area contributed by atoms with Gasteiger partial charge in [-0.25, -0.2) is 0 Å². The van der Waals surface area contributed by atoms with Crippen molar-refractivity contribution in [3.63, 3.8) is 0 Å². The van der Waals surface area contributed by atoms with Gasteiger partial charge >= 0.3 is 0 Å². The van der Waals surface area contributed by atoms with Crippen LogP contribution in [0.1, 0.15) is 10.4 Å². The van der Waals surface area contributed by atoms with E-state index in [1.165, 1.54) is 11.3 Å². The fourth-order valence-electron chi connectivity index (χ4n) is 1.80. The first-order valence-electron chi connectivity index (χ1n) is 6.16. The molecule has 1 aliphatic heterocycles. The maximum atomic E-state index is 11.7. The van der Waals surface area contributed by atoms with E-state index in [1.54, 1.807) is 12.1 Å². The summed E-state index contributed by atoms with van der Waals surface area (Å²) < 4.78 is 16.0. The second-order valence-electron chi connectivity index (χ2n) is 4.13. The van der Waals surface area contributed by atoms with Crippen molar-refractivity contribution in [1.29, 1.82) is 0 Å². The number of amides is 1. The van der Waals surface area contributed by atoms with Crippen LogP contribution >= 0.6 is 11.3 Å². The van der Waals surface area contributed by atoms with E-state index in [0.717, 1.165) is 5.75 Å². The monoisotopic (exact) mass is 291 g/mol. The largest absolute Gasteiger partial charge is 0.492 e. The Morgan fingerprint density at radius 3 is 3.05 bits per heavy atom. The Morgan fingerprint density at radius 2 is 2.20 bits per heavy atom. The number of rotatable bonds is 5. The van der Waals surface area contributed by atoms with Gasteiger partial charge in [-0.05, 0) is 23.6 Å². The van der Waals surface area contributed by atoms with E-state index in [4.69, 9.17) is 14.2 Å². The van der Waals surface area contributed by atoms with Gasteiger partial charge in [0.25, 0.3) is 5.91 Å². The van der Waals surface area contributed by atoms with Crippen molar-refractivity contribution < 1.29 is 19.0 Å². The summed E-state index contributed by atoms with van der Waals surface area (Å²) in [6.07, 6.45) is 0. The summed E-state index contributed by atoms with van der Waals surface area (Å²) in [6.45, 7) is 1.09. The quantitative estimate of drug-likeness (QED) is 0.859. The smallest absolute Gasteiger partial charge is 0.252 e. The number of carbonyl (C=O) groups excluding carboxylic acids is 1. The van der Waals surface area contributed by atoms with Crippen LogP contribution in [0.5, 0.6) is 17.2 Å². The first-order chi connectivity index (χ1) is 9.83. The molecule has 1 aromatic heterocycles. The van der Waals surface area contributed by atoms with Gasteiger partial charge in [-0.2, -0.15) is 11.3 Å². The summed E-state index contributed by atoms with van der Waals surface area (Å²) in [5.41, 5.74) is 0.679. The van der Waals surface area contributed by atoms with E-state index < -0.39 is 0 Å². The van der Waals surface area contributed by atoms with Crippen LogP contribution in [0.4, 0.5) is 0 Å². The second kappa shape index (κ2) is 5.83. The number of fused-ring (bicyclic) bond motifs is 1. The molecule has 0 radical (unpaired) electrons. The minimum Gasteiger partial charge on any atom is -0.492 e. The first-order valence-corrected chi connectivity index (χ1v) is 7.10. The van der Waals surface area contributed by atoms with Crippen LogP contribution in [0.3, 0.4) is 0 Å². The highest BCUT2D eigenvalue weighted by molar-refractivity contribution is 7.08.